The highest BCUT2D eigenvalue weighted by Crippen LogP contribution is 2.08. The second kappa shape index (κ2) is 5.32. The van der Waals surface area contributed by atoms with Gasteiger partial charge in [0.1, 0.15) is 0 Å². The molecule has 0 saturated carbocycles. The van der Waals surface area contributed by atoms with Crippen LogP contribution in [0.3, 0.4) is 0 Å². The SMILES string of the molecule is CC(C)COC(=O)CN1CC[C@@H](O)C1. The maximum atomic E-state index is 11.3. The third-order valence-electron chi connectivity index (χ3n) is 2.18. The number of nitrogens with zero attached hydrogens (tertiary/aromatic N) is 1. The number of ether oxygens (including phenoxy) is 1. The van der Waals surface area contributed by atoms with E-state index in [0.29, 0.717) is 25.6 Å². The molecule has 1 N–H and O–H groups in total. The zero-order valence-corrected chi connectivity index (χ0v) is 8.90. The molecule has 1 fully saturated rings. The number of rotatable bonds is 4. The van der Waals surface area contributed by atoms with Crippen molar-refractivity contribution in [2.75, 3.05) is 26.2 Å². The summed E-state index contributed by atoms with van der Waals surface area (Å²) in [6.07, 6.45) is 0.491. The van der Waals surface area contributed by atoms with Crippen LogP contribution < -0.4 is 0 Å². The van der Waals surface area contributed by atoms with Crippen molar-refractivity contribution in [2.24, 2.45) is 5.92 Å². The molecular weight excluding hydrogens is 182 g/mol. The summed E-state index contributed by atoms with van der Waals surface area (Å²) in [6, 6.07) is 0. The average molecular weight is 201 g/mol. The molecule has 1 heterocycles. The normalized spacial score (nSPS) is 23.0. The van der Waals surface area contributed by atoms with E-state index in [1.54, 1.807) is 0 Å². The second-order valence-electron chi connectivity index (χ2n) is 4.25. The van der Waals surface area contributed by atoms with E-state index in [1.807, 2.05) is 18.7 Å². The molecule has 1 saturated heterocycles. The van der Waals surface area contributed by atoms with E-state index in [9.17, 15) is 9.90 Å². The maximum Gasteiger partial charge on any atom is 0.320 e. The maximum absolute atomic E-state index is 11.3. The van der Waals surface area contributed by atoms with Gasteiger partial charge in [-0.15, -0.1) is 0 Å². The van der Waals surface area contributed by atoms with Gasteiger partial charge in [-0.25, -0.2) is 0 Å². The molecule has 0 aromatic carbocycles. The predicted octanol–water partition coefficient (Wildman–Crippen LogP) is 0.252. The Bertz CT molecular complexity index is 194. The van der Waals surface area contributed by atoms with Gasteiger partial charge < -0.3 is 9.84 Å². The number of carbonyl (C=O) groups is 1. The summed E-state index contributed by atoms with van der Waals surface area (Å²) in [4.78, 5) is 13.2. The second-order valence-corrected chi connectivity index (χ2v) is 4.25. The first-order valence-electron chi connectivity index (χ1n) is 5.14. The van der Waals surface area contributed by atoms with Crippen LogP contribution in [-0.2, 0) is 9.53 Å². The van der Waals surface area contributed by atoms with Crippen molar-refractivity contribution in [3.8, 4) is 0 Å². The van der Waals surface area contributed by atoms with E-state index in [2.05, 4.69) is 0 Å². The van der Waals surface area contributed by atoms with Crippen molar-refractivity contribution in [3.63, 3.8) is 0 Å². The molecule has 0 aromatic rings. The van der Waals surface area contributed by atoms with Crippen molar-refractivity contribution < 1.29 is 14.6 Å². The van der Waals surface area contributed by atoms with Crippen LogP contribution in [0.5, 0.6) is 0 Å². The molecule has 1 aliphatic heterocycles. The Kier molecular flexibility index (Phi) is 4.35. The van der Waals surface area contributed by atoms with E-state index >= 15 is 0 Å². The van der Waals surface area contributed by atoms with Gasteiger partial charge in [0, 0.05) is 13.1 Å². The number of aliphatic hydroxyl groups is 1. The minimum atomic E-state index is -0.270. The fourth-order valence-electron chi connectivity index (χ4n) is 1.44. The Morgan fingerprint density at radius 1 is 1.64 bits per heavy atom. The zero-order valence-electron chi connectivity index (χ0n) is 8.90. The highest BCUT2D eigenvalue weighted by Gasteiger charge is 2.22. The van der Waals surface area contributed by atoms with Crippen LogP contribution in [0.4, 0.5) is 0 Å². The Morgan fingerprint density at radius 3 is 2.86 bits per heavy atom. The van der Waals surface area contributed by atoms with Crippen LogP contribution in [0.25, 0.3) is 0 Å². The first kappa shape index (κ1) is 11.5. The zero-order chi connectivity index (χ0) is 10.6. The fraction of sp³-hybridized carbons (Fsp3) is 0.900. The molecule has 82 valence electrons. The molecule has 0 aromatic heterocycles. The van der Waals surface area contributed by atoms with Crippen LogP contribution in [-0.4, -0.2) is 48.3 Å². The van der Waals surface area contributed by atoms with Crippen molar-refractivity contribution in [1.29, 1.82) is 0 Å². The van der Waals surface area contributed by atoms with Crippen LogP contribution in [0.15, 0.2) is 0 Å². The summed E-state index contributed by atoms with van der Waals surface area (Å²) in [5.41, 5.74) is 0. The Morgan fingerprint density at radius 2 is 2.36 bits per heavy atom. The van der Waals surface area contributed by atoms with Gasteiger partial charge in [0.2, 0.25) is 0 Å². The summed E-state index contributed by atoms with van der Waals surface area (Å²) in [5, 5.41) is 9.24. The summed E-state index contributed by atoms with van der Waals surface area (Å²) in [6.45, 7) is 6.19. The number of likely N-dealkylation sites (tertiary alicyclic amines) is 1. The number of aliphatic hydroxyl groups excluding tert-OH is 1. The molecule has 0 aliphatic carbocycles. The highest BCUT2D eigenvalue weighted by atomic mass is 16.5. The Labute approximate surface area is 84.8 Å². The van der Waals surface area contributed by atoms with Crippen molar-refractivity contribution >= 4 is 5.97 Å². The van der Waals surface area contributed by atoms with E-state index in [4.69, 9.17) is 4.74 Å². The number of esters is 1. The molecule has 1 atom stereocenters. The molecule has 0 radical (unpaired) electrons. The van der Waals surface area contributed by atoms with E-state index in [0.717, 1.165) is 13.0 Å². The van der Waals surface area contributed by atoms with E-state index in [-0.39, 0.29) is 12.1 Å². The molecule has 0 bridgehead atoms. The first-order chi connectivity index (χ1) is 6.58. The van der Waals surface area contributed by atoms with Crippen molar-refractivity contribution in [3.05, 3.63) is 0 Å². The van der Waals surface area contributed by atoms with Gasteiger partial charge in [-0.3, -0.25) is 9.69 Å². The lowest BCUT2D eigenvalue weighted by Crippen LogP contribution is -2.30. The topological polar surface area (TPSA) is 49.8 Å². The van der Waals surface area contributed by atoms with Gasteiger partial charge in [-0.1, -0.05) is 13.8 Å². The Hall–Kier alpha value is -0.610. The summed E-state index contributed by atoms with van der Waals surface area (Å²) in [5.74, 6) is 0.191. The van der Waals surface area contributed by atoms with Gasteiger partial charge in [0.15, 0.2) is 0 Å². The van der Waals surface area contributed by atoms with E-state index < -0.39 is 0 Å². The lowest BCUT2D eigenvalue weighted by Gasteiger charge is -2.14. The predicted molar refractivity (Wildman–Crippen MR) is 52.9 cm³/mol. The molecule has 1 aliphatic rings. The number of hydrogen-bond acceptors (Lipinski definition) is 4. The lowest BCUT2D eigenvalue weighted by molar-refractivity contribution is -0.145. The lowest BCUT2D eigenvalue weighted by atomic mass is 10.2. The summed E-state index contributed by atoms with van der Waals surface area (Å²) >= 11 is 0. The van der Waals surface area contributed by atoms with Crippen molar-refractivity contribution in [1.82, 2.24) is 4.90 Å². The highest BCUT2D eigenvalue weighted by molar-refractivity contribution is 5.71. The molecule has 14 heavy (non-hydrogen) atoms. The van der Waals surface area contributed by atoms with Gasteiger partial charge in [-0.2, -0.15) is 0 Å². The van der Waals surface area contributed by atoms with Crippen LogP contribution in [0.2, 0.25) is 0 Å². The molecule has 4 nitrogen and oxygen atoms in total. The summed E-state index contributed by atoms with van der Waals surface area (Å²) in [7, 11) is 0. The van der Waals surface area contributed by atoms with Crippen LogP contribution in [0, 0.1) is 5.92 Å². The summed E-state index contributed by atoms with van der Waals surface area (Å²) < 4.78 is 5.04. The monoisotopic (exact) mass is 201 g/mol. The molecular formula is C10H19NO3. The molecule has 1 rings (SSSR count). The number of hydrogen-bond donors (Lipinski definition) is 1. The molecule has 0 spiro atoms. The molecule has 4 heteroatoms. The van der Waals surface area contributed by atoms with Gasteiger partial charge in [0.25, 0.3) is 0 Å². The first-order valence-corrected chi connectivity index (χ1v) is 5.14. The average Bonchev–Trinajstić information content (AvgIpc) is 2.48. The Balaban J connectivity index is 2.14. The van der Waals surface area contributed by atoms with Gasteiger partial charge in [-0.05, 0) is 12.3 Å². The largest absolute Gasteiger partial charge is 0.464 e. The number of β-amino-alcohol motifs (C(OH)–C–C–N with tert-alkyl or cyclic N) is 1. The third-order valence-corrected chi connectivity index (χ3v) is 2.18. The van der Waals surface area contributed by atoms with Crippen molar-refractivity contribution in [2.45, 2.75) is 26.4 Å². The standard InChI is InChI=1S/C10H19NO3/c1-8(2)7-14-10(13)6-11-4-3-9(12)5-11/h8-9,12H,3-7H2,1-2H3/t9-/m1/s1. The number of carbonyl (C=O) groups excluding carboxylic acids is 1. The molecule has 0 amide bonds. The van der Waals surface area contributed by atoms with Crippen LogP contribution >= 0.6 is 0 Å². The van der Waals surface area contributed by atoms with Gasteiger partial charge in [0.05, 0.1) is 19.3 Å². The van der Waals surface area contributed by atoms with Gasteiger partial charge >= 0.3 is 5.97 Å². The van der Waals surface area contributed by atoms with Crippen LogP contribution in [0.1, 0.15) is 20.3 Å². The third kappa shape index (κ3) is 4.07. The smallest absolute Gasteiger partial charge is 0.320 e. The quantitative estimate of drug-likeness (QED) is 0.662. The fourth-order valence-corrected chi connectivity index (χ4v) is 1.44. The molecule has 0 unspecified atom stereocenters. The minimum Gasteiger partial charge on any atom is -0.464 e. The van der Waals surface area contributed by atoms with E-state index in [1.165, 1.54) is 0 Å². The minimum absolute atomic E-state index is 0.187.